The summed E-state index contributed by atoms with van der Waals surface area (Å²) in [5, 5.41) is 11.4. The summed E-state index contributed by atoms with van der Waals surface area (Å²) in [6.45, 7) is 8.84. The lowest BCUT2D eigenvalue weighted by molar-refractivity contribution is 0.334. The van der Waals surface area contributed by atoms with E-state index in [1.54, 1.807) is 6.20 Å². The van der Waals surface area contributed by atoms with Gasteiger partial charge in [0, 0.05) is 10.6 Å². The van der Waals surface area contributed by atoms with Crippen molar-refractivity contribution in [1.82, 2.24) is 15.4 Å². The summed E-state index contributed by atoms with van der Waals surface area (Å²) in [4.78, 5) is 0. The van der Waals surface area contributed by atoms with Crippen molar-refractivity contribution in [3.63, 3.8) is 0 Å². The highest BCUT2D eigenvalue weighted by Crippen LogP contribution is 2.37. The molecule has 0 saturated heterocycles. The number of hydrogen-bond acceptors (Lipinski definition) is 3. The van der Waals surface area contributed by atoms with Crippen LogP contribution in [0.2, 0.25) is 5.02 Å². The average molecular weight is 294 g/mol. The topological polar surface area (TPSA) is 50.8 Å². The van der Waals surface area contributed by atoms with Crippen LogP contribution in [-0.4, -0.2) is 22.0 Å². The fourth-order valence-corrected chi connectivity index (χ4v) is 2.72. The molecular weight excluding hydrogens is 274 g/mol. The van der Waals surface area contributed by atoms with E-state index in [0.717, 1.165) is 39.6 Å². The highest BCUT2D eigenvalue weighted by molar-refractivity contribution is 6.32. The molecule has 4 nitrogen and oxygen atoms in total. The molecule has 0 bridgehead atoms. The van der Waals surface area contributed by atoms with E-state index in [4.69, 9.17) is 16.3 Å². The van der Waals surface area contributed by atoms with E-state index in [1.807, 2.05) is 26.8 Å². The molecule has 0 aliphatic carbocycles. The predicted octanol–water partition coefficient (Wildman–Crippen LogP) is 3.82. The Hall–Kier alpha value is -1.55. The second kappa shape index (κ2) is 6.27. The molecule has 2 rings (SSSR count). The van der Waals surface area contributed by atoms with Crippen LogP contribution in [0.4, 0.5) is 0 Å². The first kappa shape index (κ1) is 14.9. The molecule has 1 aromatic carbocycles. The number of nitrogens with one attached hydrogen (secondary N) is 1. The number of aromatic nitrogens is 3. The molecule has 108 valence electrons. The van der Waals surface area contributed by atoms with Gasteiger partial charge in [0.1, 0.15) is 5.75 Å². The summed E-state index contributed by atoms with van der Waals surface area (Å²) in [5.74, 6) is 1.18. The number of ether oxygens (including phenoxy) is 1. The van der Waals surface area contributed by atoms with Crippen LogP contribution in [0.1, 0.15) is 42.1 Å². The molecule has 1 aromatic heterocycles. The van der Waals surface area contributed by atoms with Gasteiger partial charge in [-0.1, -0.05) is 18.5 Å². The average Bonchev–Trinajstić information content (AvgIpc) is 2.89. The number of aryl methyl sites for hydroxylation is 1. The van der Waals surface area contributed by atoms with Crippen molar-refractivity contribution in [3.05, 3.63) is 39.7 Å². The zero-order valence-corrected chi connectivity index (χ0v) is 13.1. The van der Waals surface area contributed by atoms with Gasteiger partial charge in [0.05, 0.1) is 18.5 Å². The maximum Gasteiger partial charge on any atom is 0.123 e. The summed E-state index contributed by atoms with van der Waals surface area (Å²) in [6, 6.07) is 2.02. The molecule has 1 atom stereocenters. The van der Waals surface area contributed by atoms with Gasteiger partial charge >= 0.3 is 0 Å². The Kier molecular flexibility index (Phi) is 4.65. The van der Waals surface area contributed by atoms with Gasteiger partial charge in [-0.15, -0.1) is 0 Å². The molecule has 2 aromatic rings. The number of hydrogen-bond donors (Lipinski definition) is 1. The molecule has 0 amide bonds. The standard InChI is InChI=1S/C15H20ClN3O/c1-5-20-13-7-10(3)15(16)11(4)14(13)9(2)6-12-8-17-19-18-12/h7-9H,5-6H2,1-4H3,(H,17,18,19). The summed E-state index contributed by atoms with van der Waals surface area (Å²) in [5.41, 5.74) is 4.23. The van der Waals surface area contributed by atoms with E-state index in [-0.39, 0.29) is 5.92 Å². The van der Waals surface area contributed by atoms with Crippen molar-refractivity contribution in [2.24, 2.45) is 0 Å². The van der Waals surface area contributed by atoms with Crippen molar-refractivity contribution in [2.75, 3.05) is 6.61 Å². The molecular formula is C15H20ClN3O. The van der Waals surface area contributed by atoms with E-state index < -0.39 is 0 Å². The highest BCUT2D eigenvalue weighted by atomic mass is 35.5. The Morgan fingerprint density at radius 3 is 2.75 bits per heavy atom. The molecule has 0 aliphatic rings. The smallest absolute Gasteiger partial charge is 0.123 e. The lowest BCUT2D eigenvalue weighted by Gasteiger charge is -2.20. The normalized spacial score (nSPS) is 12.4. The van der Waals surface area contributed by atoms with Gasteiger partial charge in [-0.05, 0) is 50.3 Å². The summed E-state index contributed by atoms with van der Waals surface area (Å²) in [6.07, 6.45) is 2.55. The lowest BCUT2D eigenvalue weighted by Crippen LogP contribution is -2.07. The van der Waals surface area contributed by atoms with Crippen LogP contribution in [0.5, 0.6) is 5.75 Å². The number of H-pyrrole nitrogens is 1. The Labute approximate surface area is 124 Å². The van der Waals surface area contributed by atoms with Crippen molar-refractivity contribution >= 4 is 11.6 Å². The van der Waals surface area contributed by atoms with Crippen molar-refractivity contribution in [3.8, 4) is 5.75 Å². The third-order valence-electron chi connectivity index (χ3n) is 3.47. The Balaban J connectivity index is 2.40. The summed E-state index contributed by atoms with van der Waals surface area (Å²) < 4.78 is 5.79. The zero-order valence-electron chi connectivity index (χ0n) is 12.3. The molecule has 0 saturated carbocycles. The minimum Gasteiger partial charge on any atom is -0.494 e. The molecule has 1 heterocycles. The summed E-state index contributed by atoms with van der Waals surface area (Å²) >= 11 is 6.39. The van der Waals surface area contributed by atoms with Crippen molar-refractivity contribution in [2.45, 2.75) is 40.0 Å². The molecule has 5 heteroatoms. The minimum atomic E-state index is 0.264. The first-order valence-electron chi connectivity index (χ1n) is 6.81. The molecule has 0 spiro atoms. The van der Waals surface area contributed by atoms with E-state index in [0.29, 0.717) is 6.61 Å². The van der Waals surface area contributed by atoms with Crippen LogP contribution in [0, 0.1) is 13.8 Å². The molecule has 0 aliphatic heterocycles. The van der Waals surface area contributed by atoms with Gasteiger partial charge in [0.15, 0.2) is 0 Å². The first-order chi connectivity index (χ1) is 9.54. The molecule has 1 unspecified atom stereocenters. The van der Waals surface area contributed by atoms with Crippen molar-refractivity contribution < 1.29 is 4.74 Å². The number of aromatic amines is 1. The number of benzene rings is 1. The zero-order chi connectivity index (χ0) is 14.7. The molecule has 0 fully saturated rings. The van der Waals surface area contributed by atoms with E-state index in [9.17, 15) is 0 Å². The second-order valence-electron chi connectivity index (χ2n) is 5.04. The molecule has 0 radical (unpaired) electrons. The van der Waals surface area contributed by atoms with Crippen LogP contribution in [0.15, 0.2) is 12.3 Å². The lowest BCUT2D eigenvalue weighted by atomic mass is 9.90. The SMILES string of the molecule is CCOc1cc(C)c(Cl)c(C)c1C(C)Cc1cn[nH]n1. The maximum atomic E-state index is 6.39. The predicted molar refractivity (Wildman–Crippen MR) is 80.6 cm³/mol. The monoisotopic (exact) mass is 293 g/mol. The third-order valence-corrected chi connectivity index (χ3v) is 4.05. The van der Waals surface area contributed by atoms with Gasteiger partial charge in [-0.2, -0.15) is 15.4 Å². The fourth-order valence-electron chi connectivity index (χ4n) is 2.56. The highest BCUT2D eigenvalue weighted by Gasteiger charge is 2.19. The number of rotatable bonds is 5. The van der Waals surface area contributed by atoms with Crippen LogP contribution in [0.25, 0.3) is 0 Å². The van der Waals surface area contributed by atoms with E-state index >= 15 is 0 Å². The third kappa shape index (κ3) is 2.96. The van der Waals surface area contributed by atoms with E-state index in [1.165, 1.54) is 0 Å². The second-order valence-corrected chi connectivity index (χ2v) is 5.42. The Bertz CT molecular complexity index is 581. The minimum absolute atomic E-state index is 0.264. The Morgan fingerprint density at radius 2 is 2.15 bits per heavy atom. The van der Waals surface area contributed by atoms with Crippen LogP contribution < -0.4 is 4.74 Å². The fraction of sp³-hybridized carbons (Fsp3) is 0.467. The van der Waals surface area contributed by atoms with Gasteiger partial charge in [0.25, 0.3) is 0 Å². The number of nitrogens with zero attached hydrogens (tertiary/aromatic N) is 2. The van der Waals surface area contributed by atoms with E-state index in [2.05, 4.69) is 22.3 Å². The van der Waals surface area contributed by atoms with Crippen LogP contribution >= 0.6 is 11.6 Å². The van der Waals surface area contributed by atoms with Crippen LogP contribution in [0.3, 0.4) is 0 Å². The molecule has 20 heavy (non-hydrogen) atoms. The molecule has 1 N–H and O–H groups in total. The maximum absolute atomic E-state index is 6.39. The largest absolute Gasteiger partial charge is 0.494 e. The quantitative estimate of drug-likeness (QED) is 0.912. The van der Waals surface area contributed by atoms with Gasteiger partial charge in [0.2, 0.25) is 0 Å². The number of halogens is 1. The van der Waals surface area contributed by atoms with Gasteiger partial charge < -0.3 is 4.74 Å². The first-order valence-corrected chi connectivity index (χ1v) is 7.19. The summed E-state index contributed by atoms with van der Waals surface area (Å²) in [7, 11) is 0. The van der Waals surface area contributed by atoms with Gasteiger partial charge in [-0.3, -0.25) is 0 Å². The van der Waals surface area contributed by atoms with Gasteiger partial charge in [-0.25, -0.2) is 0 Å². The van der Waals surface area contributed by atoms with Crippen LogP contribution in [-0.2, 0) is 6.42 Å². The van der Waals surface area contributed by atoms with Crippen molar-refractivity contribution in [1.29, 1.82) is 0 Å². The Morgan fingerprint density at radius 1 is 1.40 bits per heavy atom.